The van der Waals surface area contributed by atoms with Crippen LogP contribution in [0.2, 0.25) is 0 Å². The summed E-state index contributed by atoms with van der Waals surface area (Å²) in [4.78, 5) is 23.7. The van der Waals surface area contributed by atoms with Crippen LogP contribution in [0.5, 0.6) is 5.75 Å². The largest absolute Gasteiger partial charge is 1.00 e. The molecule has 7 nitrogen and oxygen atoms in total. The molecular weight excluding hydrogens is 383 g/mol. The van der Waals surface area contributed by atoms with E-state index in [-0.39, 0.29) is 73.8 Å². The van der Waals surface area contributed by atoms with E-state index < -0.39 is 21.2 Å². The van der Waals surface area contributed by atoms with Gasteiger partial charge in [0.15, 0.2) is 15.4 Å². The monoisotopic (exact) mass is 398 g/mol. The van der Waals surface area contributed by atoms with Gasteiger partial charge in [0.1, 0.15) is 16.2 Å². The van der Waals surface area contributed by atoms with Crippen molar-refractivity contribution >= 4 is 37.7 Å². The molecule has 0 saturated heterocycles. The number of hydrogen-bond donors (Lipinski definition) is 0. The van der Waals surface area contributed by atoms with Crippen LogP contribution in [0, 0.1) is 0 Å². The molecule has 0 saturated carbocycles. The number of rotatable bonds is 4. The van der Waals surface area contributed by atoms with Gasteiger partial charge in [-0.25, -0.2) is 8.42 Å². The molecule has 27 heavy (non-hydrogen) atoms. The first kappa shape index (κ1) is 21.4. The third-order valence-corrected chi connectivity index (χ3v) is 4.82. The zero-order chi connectivity index (χ0) is 19.2. The van der Waals surface area contributed by atoms with Crippen molar-refractivity contribution in [2.45, 2.75) is 24.8 Å². The van der Waals surface area contributed by atoms with Crippen molar-refractivity contribution in [2.24, 2.45) is 0 Å². The molecule has 0 amide bonds. The second-order valence-electron chi connectivity index (χ2n) is 6.17. The summed E-state index contributed by atoms with van der Waals surface area (Å²) in [5, 5.41) is 11.0. The van der Waals surface area contributed by atoms with E-state index in [1.165, 1.54) is 24.3 Å². The van der Waals surface area contributed by atoms with Crippen molar-refractivity contribution in [3.05, 3.63) is 46.1 Å². The van der Waals surface area contributed by atoms with Crippen LogP contribution in [0.1, 0.15) is 24.2 Å². The maximum Gasteiger partial charge on any atom is 1.00 e. The summed E-state index contributed by atoms with van der Waals surface area (Å²) in [6.07, 6.45) is 0.765. The molecule has 0 radical (unpaired) electrons. The topological polar surface area (TPSA) is 114 Å². The Bertz CT molecular complexity index is 1210. The number of hydrogen-bond acceptors (Lipinski definition) is 7. The standard InChI is InChI=1S/C18H16O7S.Na/c1-9(2)24-11-7-13-16(19)12-6-10(18(20)21)4-5-14(12)25-17(13)15(8-11)26(3,22)23;/h4-9H,1-3H3,(H,20,21);/q;+1/p-1. The minimum atomic E-state index is -3.71. The number of carbonyl (C=O) groups excluding carboxylic acids is 1. The summed E-state index contributed by atoms with van der Waals surface area (Å²) in [5.41, 5.74) is -0.747. The number of ether oxygens (including phenoxy) is 1. The Labute approximate surface area is 177 Å². The van der Waals surface area contributed by atoms with Crippen LogP contribution in [-0.4, -0.2) is 26.7 Å². The van der Waals surface area contributed by atoms with Crippen LogP contribution in [0.3, 0.4) is 0 Å². The second-order valence-corrected chi connectivity index (χ2v) is 8.15. The van der Waals surface area contributed by atoms with E-state index in [2.05, 4.69) is 0 Å². The van der Waals surface area contributed by atoms with E-state index in [9.17, 15) is 23.1 Å². The minimum Gasteiger partial charge on any atom is -0.545 e. The van der Waals surface area contributed by atoms with Gasteiger partial charge in [0.05, 0.1) is 22.8 Å². The number of aromatic carboxylic acids is 1. The van der Waals surface area contributed by atoms with E-state index in [4.69, 9.17) is 9.15 Å². The fraction of sp³-hybridized carbons (Fsp3) is 0.222. The minimum absolute atomic E-state index is 0. The summed E-state index contributed by atoms with van der Waals surface area (Å²) in [6, 6.07) is 6.36. The molecule has 0 fully saturated rings. The van der Waals surface area contributed by atoms with Gasteiger partial charge in [-0.05, 0) is 43.7 Å². The fourth-order valence-corrected chi connectivity index (χ4v) is 3.46. The molecular formula is C18H15NaO7S. The van der Waals surface area contributed by atoms with Gasteiger partial charge >= 0.3 is 29.6 Å². The Balaban J connectivity index is 0.00000261. The van der Waals surface area contributed by atoms with Gasteiger partial charge in [0, 0.05) is 12.3 Å². The number of carboxylic acid groups (broad SMARTS) is 1. The molecule has 136 valence electrons. The van der Waals surface area contributed by atoms with Gasteiger partial charge in [0.25, 0.3) is 0 Å². The van der Waals surface area contributed by atoms with Gasteiger partial charge < -0.3 is 19.1 Å². The molecule has 0 aliphatic rings. The molecule has 2 aromatic carbocycles. The average molecular weight is 398 g/mol. The van der Waals surface area contributed by atoms with Crippen LogP contribution in [0.15, 0.2) is 44.4 Å². The van der Waals surface area contributed by atoms with Crippen molar-refractivity contribution in [3.8, 4) is 5.75 Å². The van der Waals surface area contributed by atoms with Crippen LogP contribution in [0.25, 0.3) is 21.9 Å². The molecule has 0 N–H and O–H groups in total. The van der Waals surface area contributed by atoms with Gasteiger partial charge in [-0.15, -0.1) is 0 Å². The number of carbonyl (C=O) groups is 1. The third-order valence-electron chi connectivity index (χ3n) is 3.72. The summed E-state index contributed by atoms with van der Waals surface area (Å²) in [7, 11) is -3.71. The zero-order valence-corrected chi connectivity index (χ0v) is 18.0. The molecule has 0 atom stereocenters. The predicted molar refractivity (Wildman–Crippen MR) is 93.2 cm³/mol. The van der Waals surface area contributed by atoms with Crippen molar-refractivity contribution in [3.63, 3.8) is 0 Å². The van der Waals surface area contributed by atoms with E-state index in [0.717, 1.165) is 12.3 Å². The number of carboxylic acids is 1. The first-order chi connectivity index (χ1) is 12.1. The van der Waals surface area contributed by atoms with Crippen molar-refractivity contribution in [1.82, 2.24) is 0 Å². The van der Waals surface area contributed by atoms with Gasteiger partial charge in [-0.3, -0.25) is 4.79 Å². The van der Waals surface area contributed by atoms with Crippen molar-refractivity contribution in [2.75, 3.05) is 6.26 Å². The fourth-order valence-electron chi connectivity index (χ4n) is 2.64. The molecule has 1 aromatic heterocycles. The molecule has 3 aromatic rings. The van der Waals surface area contributed by atoms with E-state index in [1.807, 2.05) is 0 Å². The average Bonchev–Trinajstić information content (AvgIpc) is 2.53. The maximum atomic E-state index is 12.9. The summed E-state index contributed by atoms with van der Waals surface area (Å²) < 4.78 is 35.5. The predicted octanol–water partition coefficient (Wildman–Crippen LogP) is -1.50. The molecule has 0 aliphatic heterocycles. The zero-order valence-electron chi connectivity index (χ0n) is 15.2. The number of benzene rings is 2. The smallest absolute Gasteiger partial charge is 0.545 e. The molecule has 0 unspecified atom stereocenters. The van der Waals surface area contributed by atoms with E-state index >= 15 is 0 Å². The van der Waals surface area contributed by atoms with Crippen LogP contribution in [-0.2, 0) is 9.84 Å². The Hall–Kier alpha value is -1.87. The Morgan fingerprint density at radius 2 is 1.81 bits per heavy atom. The second kappa shape index (κ2) is 7.63. The Morgan fingerprint density at radius 1 is 1.15 bits per heavy atom. The van der Waals surface area contributed by atoms with Crippen molar-refractivity contribution < 1.29 is 57.0 Å². The Kier molecular flexibility index (Phi) is 6.06. The molecule has 0 aliphatic carbocycles. The molecule has 9 heteroatoms. The maximum absolute atomic E-state index is 12.9. The summed E-state index contributed by atoms with van der Waals surface area (Å²) >= 11 is 0. The normalized spacial score (nSPS) is 11.6. The molecule has 1 heterocycles. The number of sulfone groups is 1. The molecule has 0 spiro atoms. The first-order valence-electron chi connectivity index (χ1n) is 7.70. The SMILES string of the molecule is CC(C)Oc1cc(S(C)(=O)=O)c2oc3ccc(C(=O)[O-])cc3c(=O)c2c1.[Na+]. The summed E-state index contributed by atoms with van der Waals surface area (Å²) in [5.74, 6) is -1.23. The Morgan fingerprint density at radius 3 is 2.37 bits per heavy atom. The van der Waals surface area contributed by atoms with Gasteiger partial charge in [0.2, 0.25) is 5.43 Å². The third kappa shape index (κ3) is 4.19. The van der Waals surface area contributed by atoms with E-state index in [1.54, 1.807) is 13.8 Å². The molecule has 3 rings (SSSR count). The van der Waals surface area contributed by atoms with E-state index in [0.29, 0.717) is 0 Å². The molecule has 0 bridgehead atoms. The van der Waals surface area contributed by atoms with Gasteiger partial charge in [-0.1, -0.05) is 0 Å². The van der Waals surface area contributed by atoms with Gasteiger partial charge in [-0.2, -0.15) is 0 Å². The summed E-state index contributed by atoms with van der Waals surface area (Å²) in [6.45, 7) is 3.53. The van der Waals surface area contributed by atoms with Crippen LogP contribution >= 0.6 is 0 Å². The van der Waals surface area contributed by atoms with Crippen LogP contribution in [0.4, 0.5) is 0 Å². The quantitative estimate of drug-likeness (QED) is 0.388. The number of fused-ring (bicyclic) bond motifs is 2. The van der Waals surface area contributed by atoms with Crippen molar-refractivity contribution in [1.29, 1.82) is 0 Å². The first-order valence-corrected chi connectivity index (χ1v) is 9.59. The van der Waals surface area contributed by atoms with Crippen LogP contribution < -0.4 is 44.8 Å².